The van der Waals surface area contributed by atoms with Gasteiger partial charge in [0.15, 0.2) is 6.23 Å². The number of hydrogen-bond donors (Lipinski definition) is 6. The van der Waals surface area contributed by atoms with Crippen LogP contribution in [0.4, 0.5) is 4.79 Å². The molecule has 1 rings (SSSR count). The number of aliphatic hydroxyl groups is 3. The van der Waals surface area contributed by atoms with E-state index >= 15 is 0 Å². The van der Waals surface area contributed by atoms with Crippen LogP contribution >= 0.6 is 0 Å². The zero-order valence-electron chi connectivity index (χ0n) is 29.7. The number of nitrogens with two attached hydrogens (primary N) is 1. The van der Waals surface area contributed by atoms with Crippen molar-refractivity contribution in [2.24, 2.45) is 5.73 Å². The van der Waals surface area contributed by atoms with E-state index in [9.17, 15) is 24.9 Å². The van der Waals surface area contributed by atoms with Crippen molar-refractivity contribution in [1.29, 1.82) is 0 Å². The van der Waals surface area contributed by atoms with Crippen LogP contribution in [0.1, 0.15) is 162 Å². The quantitative estimate of drug-likeness (QED) is 0.0573. The number of nitrogens with one attached hydrogen (secondary N) is 2. The van der Waals surface area contributed by atoms with Gasteiger partial charge in [0.05, 0.1) is 12.6 Å². The van der Waals surface area contributed by atoms with E-state index in [4.69, 9.17) is 10.5 Å². The van der Waals surface area contributed by atoms with Crippen LogP contribution in [-0.2, 0) is 9.53 Å². The van der Waals surface area contributed by atoms with E-state index in [-0.39, 0.29) is 6.03 Å². The summed E-state index contributed by atoms with van der Waals surface area (Å²) >= 11 is 0. The molecule has 1 fully saturated rings. The summed E-state index contributed by atoms with van der Waals surface area (Å²) in [6.07, 6.45) is 21.3. The van der Waals surface area contributed by atoms with Gasteiger partial charge in [-0.15, -0.1) is 0 Å². The van der Waals surface area contributed by atoms with Crippen LogP contribution in [0.15, 0.2) is 0 Å². The number of amides is 3. The number of aliphatic hydroxyl groups excluding tert-OH is 3. The molecule has 0 aromatic heterocycles. The largest absolute Gasteiger partial charge is 0.394 e. The summed E-state index contributed by atoms with van der Waals surface area (Å²) in [6.45, 7) is 6.34. The topological polar surface area (TPSA) is 157 Å². The molecule has 10 nitrogen and oxygen atoms in total. The van der Waals surface area contributed by atoms with Gasteiger partial charge in [0, 0.05) is 13.1 Å². The van der Waals surface area contributed by atoms with Gasteiger partial charge in [0.1, 0.15) is 24.4 Å². The van der Waals surface area contributed by atoms with Crippen molar-refractivity contribution < 1.29 is 29.6 Å². The number of rotatable bonds is 28. The molecule has 6 atom stereocenters. The fourth-order valence-corrected chi connectivity index (χ4v) is 6.19. The van der Waals surface area contributed by atoms with Crippen molar-refractivity contribution in [3.05, 3.63) is 0 Å². The Morgan fingerprint density at radius 1 is 0.717 bits per heavy atom. The first-order valence-corrected chi connectivity index (χ1v) is 19.0. The van der Waals surface area contributed by atoms with Crippen molar-refractivity contribution in [1.82, 2.24) is 15.5 Å². The molecule has 0 unspecified atom stereocenters. The van der Waals surface area contributed by atoms with E-state index in [1.54, 1.807) is 0 Å². The first-order chi connectivity index (χ1) is 22.3. The molecule has 0 aliphatic carbocycles. The van der Waals surface area contributed by atoms with E-state index in [1.165, 1.54) is 108 Å². The predicted octanol–water partition coefficient (Wildman–Crippen LogP) is 5.89. The minimum Gasteiger partial charge on any atom is -0.394 e. The number of urea groups is 1. The highest BCUT2D eigenvalue weighted by Crippen LogP contribution is 2.25. The predicted molar refractivity (Wildman–Crippen MR) is 186 cm³/mol. The monoisotopic (exact) mass is 657 g/mol. The minimum absolute atomic E-state index is 0.343. The van der Waals surface area contributed by atoms with Crippen LogP contribution in [0, 0.1) is 0 Å². The maximum Gasteiger partial charge on any atom is 0.319 e. The number of unbranched alkanes of at least 4 members (excludes halogenated alkanes) is 20. The van der Waals surface area contributed by atoms with Gasteiger partial charge in [-0.2, -0.15) is 0 Å². The van der Waals surface area contributed by atoms with Crippen molar-refractivity contribution in [2.75, 3.05) is 19.7 Å². The van der Waals surface area contributed by atoms with Crippen molar-refractivity contribution >= 4 is 11.9 Å². The summed E-state index contributed by atoms with van der Waals surface area (Å²) in [7, 11) is 0. The van der Waals surface area contributed by atoms with Gasteiger partial charge in [-0.25, -0.2) is 4.79 Å². The summed E-state index contributed by atoms with van der Waals surface area (Å²) in [5.41, 5.74) is 5.77. The first-order valence-electron chi connectivity index (χ1n) is 19.0. The first kappa shape index (κ1) is 42.6. The summed E-state index contributed by atoms with van der Waals surface area (Å²) < 4.78 is 6.01. The van der Waals surface area contributed by atoms with E-state index < -0.39 is 49.1 Å². The summed E-state index contributed by atoms with van der Waals surface area (Å²) in [5.74, 6) is -0.525. The molecule has 1 aliphatic rings. The van der Waals surface area contributed by atoms with Gasteiger partial charge in [0.25, 0.3) is 0 Å². The third-order valence-corrected chi connectivity index (χ3v) is 9.25. The normalized spacial score (nSPS) is 22.0. The highest BCUT2D eigenvalue weighted by molar-refractivity contribution is 5.81. The van der Waals surface area contributed by atoms with Crippen molar-refractivity contribution in [2.45, 2.75) is 199 Å². The number of ether oxygens (including phenoxy) is 1. The second-order valence-electron chi connectivity index (χ2n) is 13.5. The smallest absolute Gasteiger partial charge is 0.319 e. The Balaban J connectivity index is 2.67. The van der Waals surface area contributed by atoms with Crippen LogP contribution in [0.3, 0.4) is 0 Å². The van der Waals surface area contributed by atoms with Gasteiger partial charge in [-0.3, -0.25) is 9.69 Å². The molecule has 10 heteroatoms. The lowest BCUT2D eigenvalue weighted by Gasteiger charge is -2.46. The van der Waals surface area contributed by atoms with E-state index in [1.807, 2.05) is 0 Å². The maximum absolute atomic E-state index is 13.6. The van der Waals surface area contributed by atoms with Gasteiger partial charge < -0.3 is 36.4 Å². The van der Waals surface area contributed by atoms with Crippen LogP contribution in [0.5, 0.6) is 0 Å². The SMILES string of the molecule is CCCCCCCCCCCCCCNC(=O)N(CCCCCCCCCCCC)[C@@H]1O[C@H](CO)[C@@H](O)[C@H](O)[C@H]1NC(=O)[C@H](C)N. The van der Waals surface area contributed by atoms with Crippen LogP contribution in [-0.4, -0.2) is 88.5 Å². The fourth-order valence-electron chi connectivity index (χ4n) is 6.19. The average molecular weight is 657 g/mol. The van der Waals surface area contributed by atoms with E-state index in [2.05, 4.69) is 24.5 Å². The molecule has 46 heavy (non-hydrogen) atoms. The molecule has 1 aliphatic heterocycles. The van der Waals surface area contributed by atoms with E-state index in [0.29, 0.717) is 13.1 Å². The molecule has 0 radical (unpaired) electrons. The molecule has 7 N–H and O–H groups in total. The number of hydrogen-bond acceptors (Lipinski definition) is 7. The van der Waals surface area contributed by atoms with Crippen LogP contribution in [0.25, 0.3) is 0 Å². The van der Waals surface area contributed by atoms with Crippen molar-refractivity contribution in [3.63, 3.8) is 0 Å². The standard InChI is InChI=1S/C36H72N4O6/c1-4-6-8-10-12-14-16-17-18-20-22-24-26-38-36(45)40(27-25-23-21-19-15-13-11-9-7-5-2)35-31(39-34(44)29(3)37)33(43)32(42)30(28-41)46-35/h29-33,35,41-43H,4-28,37H2,1-3H3,(H,38,45)(H,39,44)/t29-,30+,31+,32+,33+,35+/m0/s1. The Hall–Kier alpha value is -1.46. The summed E-state index contributed by atoms with van der Waals surface area (Å²) in [6, 6.07) is -2.29. The third-order valence-electron chi connectivity index (χ3n) is 9.25. The Bertz CT molecular complexity index is 758. The Morgan fingerprint density at radius 2 is 1.15 bits per heavy atom. The molecule has 3 amide bonds. The van der Waals surface area contributed by atoms with Crippen LogP contribution in [0.2, 0.25) is 0 Å². The Kier molecular flexibility index (Phi) is 25.4. The molecule has 1 saturated heterocycles. The fraction of sp³-hybridized carbons (Fsp3) is 0.944. The summed E-state index contributed by atoms with van der Waals surface area (Å²) in [5, 5.41) is 37.1. The molecule has 1 heterocycles. The maximum atomic E-state index is 13.6. The number of carbonyl (C=O) groups is 2. The molecule has 0 aromatic carbocycles. The highest BCUT2D eigenvalue weighted by Gasteiger charge is 2.48. The van der Waals surface area contributed by atoms with E-state index in [0.717, 1.165) is 44.9 Å². The highest BCUT2D eigenvalue weighted by atomic mass is 16.5. The van der Waals surface area contributed by atoms with Gasteiger partial charge in [-0.1, -0.05) is 142 Å². The Morgan fingerprint density at radius 3 is 1.59 bits per heavy atom. The Labute approximate surface area is 281 Å². The summed E-state index contributed by atoms with van der Waals surface area (Å²) in [4.78, 5) is 27.6. The lowest BCUT2D eigenvalue weighted by Crippen LogP contribution is -2.70. The number of nitrogens with zero attached hydrogens (tertiary/aromatic N) is 1. The van der Waals surface area contributed by atoms with Gasteiger partial charge in [0.2, 0.25) is 5.91 Å². The molecular weight excluding hydrogens is 584 g/mol. The second kappa shape index (κ2) is 27.5. The molecule has 0 saturated carbocycles. The number of carbonyl (C=O) groups excluding carboxylic acids is 2. The van der Waals surface area contributed by atoms with Crippen LogP contribution < -0.4 is 16.4 Å². The second-order valence-corrected chi connectivity index (χ2v) is 13.5. The lowest BCUT2D eigenvalue weighted by molar-refractivity contribution is -0.224. The molecule has 0 bridgehead atoms. The molecule has 0 spiro atoms. The molecular formula is C36H72N4O6. The molecule has 272 valence electrons. The minimum atomic E-state index is -1.45. The average Bonchev–Trinajstić information content (AvgIpc) is 3.04. The van der Waals surface area contributed by atoms with Gasteiger partial charge >= 0.3 is 6.03 Å². The van der Waals surface area contributed by atoms with Crippen molar-refractivity contribution in [3.8, 4) is 0 Å². The van der Waals surface area contributed by atoms with Gasteiger partial charge in [-0.05, 0) is 19.8 Å². The zero-order chi connectivity index (χ0) is 34.0. The third kappa shape index (κ3) is 18.2. The molecule has 0 aromatic rings. The lowest BCUT2D eigenvalue weighted by atomic mass is 9.95. The zero-order valence-corrected chi connectivity index (χ0v) is 29.7.